The summed E-state index contributed by atoms with van der Waals surface area (Å²) in [5.41, 5.74) is -0.980. The summed E-state index contributed by atoms with van der Waals surface area (Å²) in [6.45, 7) is 7.36. The number of carboxylic acids is 1. The Morgan fingerprint density at radius 3 is 2.06 bits per heavy atom. The minimum Gasteiger partial charge on any atom is -0.479 e. The van der Waals surface area contributed by atoms with Crippen molar-refractivity contribution < 1.29 is 14.7 Å². The molecule has 0 spiro atoms. The number of amides is 1. The van der Waals surface area contributed by atoms with Gasteiger partial charge in [-0.25, -0.2) is 4.79 Å². The van der Waals surface area contributed by atoms with Gasteiger partial charge in [0.15, 0.2) is 0 Å². The van der Waals surface area contributed by atoms with E-state index < -0.39 is 11.5 Å². The van der Waals surface area contributed by atoms with Gasteiger partial charge in [0.1, 0.15) is 5.54 Å². The number of hydrogen-bond donors (Lipinski definition) is 1. The quantitative estimate of drug-likeness (QED) is 0.824. The predicted octanol–water partition coefficient (Wildman–Crippen LogP) is 2.28. The van der Waals surface area contributed by atoms with Gasteiger partial charge in [0.25, 0.3) is 0 Å². The van der Waals surface area contributed by atoms with Crippen molar-refractivity contribution in [2.45, 2.75) is 65.0 Å². The number of carboxylic acid groups (broad SMARTS) is 1. The van der Waals surface area contributed by atoms with Crippen LogP contribution in [0.15, 0.2) is 0 Å². The molecule has 0 saturated heterocycles. The van der Waals surface area contributed by atoms with E-state index in [0.717, 1.165) is 12.8 Å². The molecule has 1 amide bonds. The second-order valence-corrected chi connectivity index (χ2v) is 5.50. The molecule has 0 aromatic carbocycles. The van der Waals surface area contributed by atoms with Crippen LogP contribution in [-0.4, -0.2) is 33.5 Å². The lowest BCUT2D eigenvalue weighted by Gasteiger charge is -2.46. The highest BCUT2D eigenvalue weighted by Gasteiger charge is 2.48. The minimum absolute atomic E-state index is 0.0722. The molecule has 0 atom stereocenters. The average molecular weight is 241 g/mol. The summed E-state index contributed by atoms with van der Waals surface area (Å²) >= 11 is 0. The van der Waals surface area contributed by atoms with Crippen LogP contribution in [0.25, 0.3) is 0 Å². The van der Waals surface area contributed by atoms with Crippen molar-refractivity contribution in [1.29, 1.82) is 0 Å². The Morgan fingerprint density at radius 1 is 1.29 bits per heavy atom. The van der Waals surface area contributed by atoms with Crippen LogP contribution in [0.3, 0.4) is 0 Å². The molecule has 17 heavy (non-hydrogen) atoms. The summed E-state index contributed by atoms with van der Waals surface area (Å²) in [5, 5.41) is 9.55. The smallest absolute Gasteiger partial charge is 0.329 e. The second kappa shape index (κ2) is 5.07. The number of rotatable bonds is 3. The van der Waals surface area contributed by atoms with Crippen LogP contribution in [0, 0.1) is 5.92 Å². The first-order chi connectivity index (χ1) is 7.81. The molecule has 0 aromatic heterocycles. The Hall–Kier alpha value is -1.06. The summed E-state index contributed by atoms with van der Waals surface area (Å²) in [5.74, 6) is -0.436. The SMILES string of the molecule is CC(=O)N(C(C)C)C1(C(=O)O)CCC(C)CC1. The molecule has 0 radical (unpaired) electrons. The highest BCUT2D eigenvalue weighted by atomic mass is 16.4. The summed E-state index contributed by atoms with van der Waals surface area (Å²) in [6.07, 6.45) is 2.90. The van der Waals surface area contributed by atoms with E-state index in [-0.39, 0.29) is 11.9 Å². The van der Waals surface area contributed by atoms with Crippen LogP contribution in [0.4, 0.5) is 0 Å². The highest BCUT2D eigenvalue weighted by molar-refractivity contribution is 5.86. The van der Waals surface area contributed by atoms with Crippen molar-refractivity contribution >= 4 is 11.9 Å². The lowest BCUT2D eigenvalue weighted by atomic mass is 9.75. The molecule has 0 heterocycles. The topological polar surface area (TPSA) is 57.6 Å². The molecule has 1 saturated carbocycles. The number of carbonyl (C=O) groups excluding carboxylic acids is 1. The van der Waals surface area contributed by atoms with Crippen LogP contribution in [0.1, 0.15) is 53.4 Å². The summed E-state index contributed by atoms with van der Waals surface area (Å²) in [4.78, 5) is 24.9. The maximum Gasteiger partial charge on any atom is 0.329 e. The Balaban J connectivity index is 3.06. The summed E-state index contributed by atoms with van der Waals surface area (Å²) < 4.78 is 0. The Kier molecular flexibility index (Phi) is 4.17. The van der Waals surface area contributed by atoms with Gasteiger partial charge in [-0.3, -0.25) is 4.79 Å². The number of hydrogen-bond acceptors (Lipinski definition) is 2. The molecular formula is C13H23NO3. The minimum atomic E-state index is -0.980. The van der Waals surface area contributed by atoms with Gasteiger partial charge in [0.05, 0.1) is 0 Å². The van der Waals surface area contributed by atoms with Crippen LogP contribution in [-0.2, 0) is 9.59 Å². The van der Waals surface area contributed by atoms with Crippen molar-refractivity contribution in [3.63, 3.8) is 0 Å². The van der Waals surface area contributed by atoms with E-state index in [1.54, 1.807) is 4.90 Å². The largest absolute Gasteiger partial charge is 0.479 e. The van der Waals surface area contributed by atoms with Gasteiger partial charge in [0.2, 0.25) is 5.91 Å². The van der Waals surface area contributed by atoms with Crippen molar-refractivity contribution in [1.82, 2.24) is 4.90 Å². The number of aliphatic carboxylic acids is 1. The Bertz CT molecular complexity index is 304. The van der Waals surface area contributed by atoms with E-state index in [9.17, 15) is 14.7 Å². The molecule has 1 N–H and O–H groups in total. The Morgan fingerprint density at radius 2 is 1.76 bits per heavy atom. The first-order valence-corrected chi connectivity index (χ1v) is 6.34. The molecule has 98 valence electrons. The van der Waals surface area contributed by atoms with Crippen LogP contribution < -0.4 is 0 Å². The van der Waals surface area contributed by atoms with Crippen molar-refractivity contribution in [2.24, 2.45) is 5.92 Å². The molecule has 0 bridgehead atoms. The number of carbonyl (C=O) groups is 2. The van der Waals surface area contributed by atoms with Crippen molar-refractivity contribution in [2.75, 3.05) is 0 Å². The molecular weight excluding hydrogens is 218 g/mol. The lowest BCUT2D eigenvalue weighted by Crippen LogP contribution is -2.60. The number of nitrogens with zero attached hydrogens (tertiary/aromatic N) is 1. The maximum absolute atomic E-state index is 11.7. The maximum atomic E-state index is 11.7. The molecule has 4 nitrogen and oxygen atoms in total. The molecule has 1 fully saturated rings. The van der Waals surface area contributed by atoms with E-state index in [4.69, 9.17) is 0 Å². The zero-order valence-corrected chi connectivity index (χ0v) is 11.2. The standard InChI is InChI=1S/C13H23NO3/c1-9(2)14(11(4)15)13(12(16)17)7-5-10(3)6-8-13/h9-10H,5-8H2,1-4H3,(H,16,17). The van der Waals surface area contributed by atoms with E-state index in [2.05, 4.69) is 6.92 Å². The summed E-state index contributed by atoms with van der Waals surface area (Å²) in [6, 6.07) is -0.0722. The van der Waals surface area contributed by atoms with Gasteiger partial charge in [0, 0.05) is 13.0 Å². The van der Waals surface area contributed by atoms with Gasteiger partial charge in [-0.05, 0) is 45.4 Å². The van der Waals surface area contributed by atoms with Crippen molar-refractivity contribution in [3.8, 4) is 0 Å². The third-order valence-electron chi connectivity index (χ3n) is 3.82. The normalized spacial score (nSPS) is 29.1. The van der Waals surface area contributed by atoms with Gasteiger partial charge in [-0.15, -0.1) is 0 Å². The van der Waals surface area contributed by atoms with E-state index >= 15 is 0 Å². The van der Waals surface area contributed by atoms with E-state index in [0.29, 0.717) is 18.8 Å². The zero-order chi connectivity index (χ0) is 13.2. The van der Waals surface area contributed by atoms with Crippen molar-refractivity contribution in [3.05, 3.63) is 0 Å². The van der Waals surface area contributed by atoms with Gasteiger partial charge >= 0.3 is 5.97 Å². The lowest BCUT2D eigenvalue weighted by molar-refractivity contribution is -0.164. The average Bonchev–Trinajstić information content (AvgIpc) is 2.20. The Labute approximate surface area is 103 Å². The molecule has 0 aliphatic heterocycles. The van der Waals surface area contributed by atoms with Crippen LogP contribution >= 0.6 is 0 Å². The van der Waals surface area contributed by atoms with Gasteiger partial charge in [-0.2, -0.15) is 0 Å². The highest BCUT2D eigenvalue weighted by Crippen LogP contribution is 2.37. The third-order valence-corrected chi connectivity index (χ3v) is 3.82. The third kappa shape index (κ3) is 2.61. The van der Waals surface area contributed by atoms with Crippen LogP contribution in [0.5, 0.6) is 0 Å². The second-order valence-electron chi connectivity index (χ2n) is 5.50. The van der Waals surface area contributed by atoms with Crippen LogP contribution in [0.2, 0.25) is 0 Å². The fourth-order valence-corrected chi connectivity index (χ4v) is 2.96. The first-order valence-electron chi connectivity index (χ1n) is 6.34. The zero-order valence-electron chi connectivity index (χ0n) is 11.2. The molecule has 1 aliphatic rings. The van der Waals surface area contributed by atoms with Gasteiger partial charge < -0.3 is 10.0 Å². The molecule has 0 aromatic rings. The molecule has 1 aliphatic carbocycles. The monoisotopic (exact) mass is 241 g/mol. The fraction of sp³-hybridized carbons (Fsp3) is 0.846. The molecule has 0 unspecified atom stereocenters. The summed E-state index contributed by atoms with van der Waals surface area (Å²) in [7, 11) is 0. The molecule has 4 heteroatoms. The van der Waals surface area contributed by atoms with E-state index in [1.165, 1.54) is 6.92 Å². The molecule has 1 rings (SSSR count). The first kappa shape index (κ1) is 14.0. The van der Waals surface area contributed by atoms with E-state index in [1.807, 2.05) is 13.8 Å². The van der Waals surface area contributed by atoms with Gasteiger partial charge in [-0.1, -0.05) is 6.92 Å². The predicted molar refractivity (Wildman–Crippen MR) is 65.7 cm³/mol. The fourth-order valence-electron chi connectivity index (χ4n) is 2.96.